The van der Waals surface area contributed by atoms with Gasteiger partial charge in [0.25, 0.3) is 10.0 Å². The molecule has 0 aliphatic heterocycles. The number of furan rings is 1. The summed E-state index contributed by atoms with van der Waals surface area (Å²) in [5, 5.41) is 3.07. The number of rotatable bonds is 6. The van der Waals surface area contributed by atoms with Crippen LogP contribution in [-0.4, -0.2) is 20.4 Å². The third-order valence-electron chi connectivity index (χ3n) is 3.44. The summed E-state index contributed by atoms with van der Waals surface area (Å²) in [5.41, 5.74) is 2.15. The van der Waals surface area contributed by atoms with Crippen molar-refractivity contribution >= 4 is 15.7 Å². The molecule has 0 atom stereocenters. The number of nitrogens with zero attached hydrogens (tertiary/aromatic N) is 1. The van der Waals surface area contributed by atoms with Gasteiger partial charge in [-0.2, -0.15) is 0 Å². The molecule has 0 radical (unpaired) electrons. The number of hydrogen-bond acceptors (Lipinski definition) is 5. The van der Waals surface area contributed by atoms with Gasteiger partial charge in [-0.1, -0.05) is 6.07 Å². The van der Waals surface area contributed by atoms with Gasteiger partial charge in [-0.05, 0) is 49.0 Å². The first-order chi connectivity index (χ1) is 11.6. The molecular formula is C17H17N3O3S. The Bertz CT molecular complexity index is 908. The zero-order chi connectivity index (χ0) is 17.0. The molecule has 0 unspecified atom stereocenters. The minimum atomic E-state index is -3.72. The quantitative estimate of drug-likeness (QED) is 0.719. The highest BCUT2D eigenvalue weighted by molar-refractivity contribution is 7.92. The molecular weight excluding hydrogens is 326 g/mol. The first kappa shape index (κ1) is 16.2. The van der Waals surface area contributed by atoms with Crippen molar-refractivity contribution in [1.82, 2.24) is 10.3 Å². The summed E-state index contributed by atoms with van der Waals surface area (Å²) in [6.45, 7) is 0.670. The van der Waals surface area contributed by atoms with Crippen LogP contribution < -0.4 is 10.0 Å². The lowest BCUT2D eigenvalue weighted by atomic mass is 10.1. The monoisotopic (exact) mass is 343 g/mol. The highest BCUT2D eigenvalue weighted by Gasteiger charge is 2.18. The number of pyridine rings is 1. The van der Waals surface area contributed by atoms with E-state index in [9.17, 15) is 8.42 Å². The van der Waals surface area contributed by atoms with Gasteiger partial charge in [-0.3, -0.25) is 9.71 Å². The van der Waals surface area contributed by atoms with Gasteiger partial charge < -0.3 is 9.73 Å². The van der Waals surface area contributed by atoms with Crippen molar-refractivity contribution < 1.29 is 12.8 Å². The van der Waals surface area contributed by atoms with Gasteiger partial charge in [-0.15, -0.1) is 0 Å². The molecule has 0 saturated carbocycles. The Balaban J connectivity index is 2.01. The Hall–Kier alpha value is -2.64. The summed E-state index contributed by atoms with van der Waals surface area (Å²) in [4.78, 5) is 3.96. The van der Waals surface area contributed by atoms with Crippen molar-refractivity contribution in [2.45, 2.75) is 11.4 Å². The van der Waals surface area contributed by atoms with Crippen LogP contribution in [-0.2, 0) is 16.6 Å². The van der Waals surface area contributed by atoms with E-state index < -0.39 is 10.0 Å². The first-order valence-corrected chi connectivity index (χ1v) is 8.83. The smallest absolute Gasteiger partial charge is 0.263 e. The Labute approximate surface area is 140 Å². The molecule has 2 N–H and O–H groups in total. The minimum absolute atomic E-state index is 0.106. The standard InChI is InChI=1S/C17H17N3O3S/c1-18-11-13-6-7-16(15(10-13)17-5-3-9-23-17)20-24(21,22)14-4-2-8-19-12-14/h2-10,12,18,20H,11H2,1H3. The summed E-state index contributed by atoms with van der Waals surface area (Å²) < 4.78 is 33.1. The van der Waals surface area contributed by atoms with Gasteiger partial charge in [0.2, 0.25) is 0 Å². The van der Waals surface area contributed by atoms with Gasteiger partial charge in [0.15, 0.2) is 0 Å². The lowest BCUT2D eigenvalue weighted by Gasteiger charge is -2.13. The van der Waals surface area contributed by atoms with E-state index in [2.05, 4.69) is 15.0 Å². The topological polar surface area (TPSA) is 84.2 Å². The van der Waals surface area contributed by atoms with Crippen LogP contribution in [0.3, 0.4) is 0 Å². The average Bonchev–Trinajstić information content (AvgIpc) is 3.11. The van der Waals surface area contributed by atoms with Crippen molar-refractivity contribution in [1.29, 1.82) is 0 Å². The number of anilines is 1. The lowest BCUT2D eigenvalue weighted by molar-refractivity contribution is 0.582. The molecule has 24 heavy (non-hydrogen) atoms. The zero-order valence-electron chi connectivity index (χ0n) is 13.1. The van der Waals surface area contributed by atoms with E-state index in [0.717, 1.165) is 5.56 Å². The molecule has 0 amide bonds. The van der Waals surface area contributed by atoms with Gasteiger partial charge in [0.1, 0.15) is 10.7 Å². The number of nitrogens with one attached hydrogen (secondary N) is 2. The van der Waals surface area contributed by atoms with Crippen molar-refractivity contribution in [3.05, 3.63) is 66.7 Å². The minimum Gasteiger partial charge on any atom is -0.464 e. The predicted octanol–water partition coefficient (Wildman–Crippen LogP) is 2.86. The maximum absolute atomic E-state index is 12.5. The van der Waals surface area contributed by atoms with E-state index >= 15 is 0 Å². The Kier molecular flexibility index (Phi) is 4.64. The fourth-order valence-electron chi connectivity index (χ4n) is 2.34. The molecule has 0 aliphatic carbocycles. The molecule has 3 rings (SSSR count). The van der Waals surface area contributed by atoms with E-state index in [1.54, 1.807) is 30.5 Å². The molecule has 0 fully saturated rings. The molecule has 6 nitrogen and oxygen atoms in total. The largest absolute Gasteiger partial charge is 0.464 e. The third-order valence-corrected chi connectivity index (χ3v) is 4.79. The summed E-state index contributed by atoms with van der Waals surface area (Å²) in [7, 11) is -1.87. The van der Waals surface area contributed by atoms with Crippen LogP contribution in [0.1, 0.15) is 5.56 Å². The van der Waals surface area contributed by atoms with Crippen LogP contribution in [0.2, 0.25) is 0 Å². The van der Waals surface area contributed by atoms with E-state index in [-0.39, 0.29) is 4.90 Å². The maximum Gasteiger partial charge on any atom is 0.263 e. The summed E-state index contributed by atoms with van der Waals surface area (Å²) in [6, 6.07) is 12.1. The number of hydrogen-bond donors (Lipinski definition) is 2. The van der Waals surface area contributed by atoms with Crippen LogP contribution in [0.5, 0.6) is 0 Å². The molecule has 1 aromatic carbocycles. The number of sulfonamides is 1. The highest BCUT2D eigenvalue weighted by atomic mass is 32.2. The Morgan fingerprint density at radius 3 is 2.71 bits per heavy atom. The van der Waals surface area contributed by atoms with E-state index in [1.165, 1.54) is 18.5 Å². The molecule has 3 aromatic rings. The number of benzene rings is 1. The van der Waals surface area contributed by atoms with E-state index in [1.807, 2.05) is 19.2 Å². The molecule has 0 aliphatic rings. The molecule has 0 spiro atoms. The average molecular weight is 343 g/mol. The third kappa shape index (κ3) is 3.47. The molecule has 0 saturated heterocycles. The fourth-order valence-corrected chi connectivity index (χ4v) is 3.38. The van der Waals surface area contributed by atoms with Crippen LogP contribution >= 0.6 is 0 Å². The van der Waals surface area contributed by atoms with Gasteiger partial charge >= 0.3 is 0 Å². The predicted molar refractivity (Wildman–Crippen MR) is 92.0 cm³/mol. The second-order valence-electron chi connectivity index (χ2n) is 5.18. The van der Waals surface area contributed by atoms with Crippen molar-refractivity contribution in [3.63, 3.8) is 0 Å². The zero-order valence-corrected chi connectivity index (χ0v) is 13.9. The van der Waals surface area contributed by atoms with Crippen LogP contribution in [0.15, 0.2) is 70.4 Å². The molecule has 2 aromatic heterocycles. The van der Waals surface area contributed by atoms with Crippen LogP contribution in [0, 0.1) is 0 Å². The molecule has 0 bridgehead atoms. The van der Waals surface area contributed by atoms with E-state index in [0.29, 0.717) is 23.6 Å². The maximum atomic E-state index is 12.5. The van der Waals surface area contributed by atoms with Crippen LogP contribution in [0.4, 0.5) is 5.69 Å². The molecule has 7 heteroatoms. The fraction of sp³-hybridized carbons (Fsp3) is 0.118. The first-order valence-electron chi connectivity index (χ1n) is 7.34. The Morgan fingerprint density at radius 1 is 1.17 bits per heavy atom. The van der Waals surface area contributed by atoms with Gasteiger partial charge in [0, 0.05) is 24.5 Å². The number of aromatic nitrogens is 1. The summed E-state index contributed by atoms with van der Waals surface area (Å²) in [6.07, 6.45) is 4.39. The van der Waals surface area contributed by atoms with E-state index in [4.69, 9.17) is 4.42 Å². The van der Waals surface area contributed by atoms with Crippen molar-refractivity contribution in [2.24, 2.45) is 0 Å². The van der Waals surface area contributed by atoms with Crippen LogP contribution in [0.25, 0.3) is 11.3 Å². The second-order valence-corrected chi connectivity index (χ2v) is 6.86. The Morgan fingerprint density at radius 2 is 2.04 bits per heavy atom. The summed E-state index contributed by atoms with van der Waals surface area (Å²) >= 11 is 0. The van der Waals surface area contributed by atoms with Gasteiger partial charge in [0.05, 0.1) is 12.0 Å². The lowest BCUT2D eigenvalue weighted by Crippen LogP contribution is -2.14. The molecule has 2 heterocycles. The second kappa shape index (κ2) is 6.86. The van der Waals surface area contributed by atoms with Crippen molar-refractivity contribution in [3.8, 4) is 11.3 Å². The highest BCUT2D eigenvalue weighted by Crippen LogP contribution is 2.31. The normalized spacial score (nSPS) is 11.4. The molecule has 124 valence electrons. The van der Waals surface area contributed by atoms with Gasteiger partial charge in [-0.25, -0.2) is 8.42 Å². The van der Waals surface area contributed by atoms with Crippen molar-refractivity contribution in [2.75, 3.05) is 11.8 Å². The summed E-state index contributed by atoms with van der Waals surface area (Å²) in [5.74, 6) is 0.594. The SMILES string of the molecule is CNCc1ccc(NS(=O)(=O)c2cccnc2)c(-c2ccco2)c1.